The van der Waals surface area contributed by atoms with Crippen LogP contribution in [0.5, 0.6) is 5.75 Å². The van der Waals surface area contributed by atoms with Gasteiger partial charge in [-0.1, -0.05) is 36.4 Å². The summed E-state index contributed by atoms with van der Waals surface area (Å²) in [4.78, 5) is 26.9. The number of aryl methyl sites for hydroxylation is 1. The molecule has 3 rings (SSSR count). The summed E-state index contributed by atoms with van der Waals surface area (Å²) in [5.41, 5.74) is 2.79. The summed E-state index contributed by atoms with van der Waals surface area (Å²) >= 11 is 0. The average Bonchev–Trinajstić information content (AvgIpc) is 2.76. The van der Waals surface area contributed by atoms with E-state index in [1.165, 1.54) is 0 Å². The molecule has 1 aliphatic rings. The number of likely N-dealkylation sites (tertiary alicyclic amines) is 1. The maximum Gasteiger partial charge on any atom is 0.254 e. The van der Waals surface area contributed by atoms with E-state index in [-0.39, 0.29) is 11.8 Å². The normalized spacial score (nSPS) is 14.5. The molecular weight excluding hydrogens is 364 g/mol. The number of benzene rings is 2. The number of hydrogen-bond donors (Lipinski definition) is 1. The van der Waals surface area contributed by atoms with Gasteiger partial charge < -0.3 is 15.0 Å². The van der Waals surface area contributed by atoms with Gasteiger partial charge in [0.1, 0.15) is 5.75 Å². The third kappa shape index (κ3) is 5.59. The van der Waals surface area contributed by atoms with Gasteiger partial charge in [0.25, 0.3) is 5.91 Å². The van der Waals surface area contributed by atoms with Crippen molar-refractivity contribution in [2.24, 2.45) is 5.92 Å². The van der Waals surface area contributed by atoms with E-state index in [1.807, 2.05) is 60.4 Å². The van der Waals surface area contributed by atoms with Crippen molar-refractivity contribution in [3.8, 4) is 5.75 Å². The van der Waals surface area contributed by atoms with Crippen molar-refractivity contribution in [1.29, 1.82) is 0 Å². The number of nitrogens with one attached hydrogen (secondary N) is 1. The topological polar surface area (TPSA) is 58.6 Å². The summed E-state index contributed by atoms with van der Waals surface area (Å²) in [7, 11) is 1.64. The molecule has 0 unspecified atom stereocenters. The van der Waals surface area contributed by atoms with Gasteiger partial charge in [-0.2, -0.15) is 0 Å². The zero-order valence-electron chi connectivity index (χ0n) is 17.3. The van der Waals surface area contributed by atoms with E-state index < -0.39 is 0 Å². The lowest BCUT2D eigenvalue weighted by atomic mass is 9.91. The molecule has 1 saturated heterocycles. The second-order valence-corrected chi connectivity index (χ2v) is 7.68. The minimum absolute atomic E-state index is 0.0642. The Balaban J connectivity index is 1.40. The van der Waals surface area contributed by atoms with Crippen molar-refractivity contribution in [3.05, 3.63) is 65.2 Å². The van der Waals surface area contributed by atoms with Crippen LogP contribution in [0.3, 0.4) is 0 Å². The van der Waals surface area contributed by atoms with E-state index in [0.29, 0.717) is 18.9 Å². The summed E-state index contributed by atoms with van der Waals surface area (Å²) in [6.07, 6.45) is 3.30. The Morgan fingerprint density at radius 2 is 1.76 bits per heavy atom. The van der Waals surface area contributed by atoms with Crippen molar-refractivity contribution < 1.29 is 14.3 Å². The third-order valence-electron chi connectivity index (χ3n) is 5.73. The van der Waals surface area contributed by atoms with Gasteiger partial charge in [-0.05, 0) is 49.8 Å². The Morgan fingerprint density at radius 1 is 1.07 bits per heavy atom. The third-order valence-corrected chi connectivity index (χ3v) is 5.73. The molecule has 0 aliphatic carbocycles. The first-order chi connectivity index (χ1) is 14.1. The zero-order chi connectivity index (χ0) is 20.6. The van der Waals surface area contributed by atoms with Gasteiger partial charge >= 0.3 is 0 Å². The quantitative estimate of drug-likeness (QED) is 0.773. The molecule has 1 N–H and O–H groups in total. The molecule has 2 aromatic rings. The van der Waals surface area contributed by atoms with Crippen LogP contribution in [0.2, 0.25) is 0 Å². The van der Waals surface area contributed by atoms with Crippen molar-refractivity contribution in [1.82, 2.24) is 10.2 Å². The van der Waals surface area contributed by atoms with E-state index >= 15 is 0 Å². The minimum Gasteiger partial charge on any atom is -0.496 e. The van der Waals surface area contributed by atoms with Gasteiger partial charge in [0, 0.05) is 37.2 Å². The monoisotopic (exact) mass is 394 g/mol. The second kappa shape index (κ2) is 10.1. The minimum atomic E-state index is 0.0642. The van der Waals surface area contributed by atoms with Crippen LogP contribution in [-0.4, -0.2) is 36.9 Å². The first-order valence-electron chi connectivity index (χ1n) is 10.3. The van der Waals surface area contributed by atoms with Crippen molar-refractivity contribution >= 4 is 11.8 Å². The number of nitrogens with zero attached hydrogens (tertiary/aromatic N) is 1. The van der Waals surface area contributed by atoms with Crippen LogP contribution in [0.1, 0.15) is 47.2 Å². The maximum atomic E-state index is 12.7. The molecule has 2 aromatic carbocycles. The Hall–Kier alpha value is -2.82. The molecule has 2 amide bonds. The number of piperidine rings is 1. The SMILES string of the molecule is COc1ccccc1CNC(=O)CCC1CCN(C(=O)c2ccccc2C)CC1. The summed E-state index contributed by atoms with van der Waals surface area (Å²) in [6.45, 7) is 3.98. The fourth-order valence-corrected chi connectivity index (χ4v) is 3.87. The van der Waals surface area contributed by atoms with Crippen LogP contribution in [-0.2, 0) is 11.3 Å². The predicted octanol–water partition coefficient (Wildman–Crippen LogP) is 3.95. The number of rotatable bonds is 7. The van der Waals surface area contributed by atoms with Gasteiger partial charge in [0.05, 0.1) is 7.11 Å². The Bertz CT molecular complexity index is 842. The van der Waals surface area contributed by atoms with Crippen LogP contribution in [0.15, 0.2) is 48.5 Å². The van der Waals surface area contributed by atoms with Gasteiger partial charge in [-0.25, -0.2) is 0 Å². The Kier molecular flexibility index (Phi) is 7.28. The molecule has 0 bridgehead atoms. The number of hydrogen-bond acceptors (Lipinski definition) is 3. The van der Waals surface area contributed by atoms with Crippen LogP contribution < -0.4 is 10.1 Å². The largest absolute Gasteiger partial charge is 0.496 e. The van der Waals surface area contributed by atoms with Gasteiger partial charge in [0.2, 0.25) is 5.91 Å². The van der Waals surface area contributed by atoms with Crippen LogP contribution >= 0.6 is 0 Å². The smallest absolute Gasteiger partial charge is 0.254 e. The molecule has 0 atom stereocenters. The van der Waals surface area contributed by atoms with Gasteiger partial charge in [-0.3, -0.25) is 9.59 Å². The number of carbonyl (C=O) groups excluding carboxylic acids is 2. The fraction of sp³-hybridized carbons (Fsp3) is 0.417. The van der Waals surface area contributed by atoms with Gasteiger partial charge in [0.15, 0.2) is 0 Å². The lowest BCUT2D eigenvalue weighted by molar-refractivity contribution is -0.121. The van der Waals surface area contributed by atoms with E-state index in [1.54, 1.807) is 7.11 Å². The molecule has 0 radical (unpaired) electrons. The van der Waals surface area contributed by atoms with E-state index in [9.17, 15) is 9.59 Å². The highest BCUT2D eigenvalue weighted by molar-refractivity contribution is 5.95. The molecule has 1 heterocycles. The Morgan fingerprint density at radius 3 is 2.48 bits per heavy atom. The van der Waals surface area contributed by atoms with Crippen LogP contribution in [0.25, 0.3) is 0 Å². The maximum absolute atomic E-state index is 12.7. The van der Waals surface area contributed by atoms with E-state index in [4.69, 9.17) is 4.74 Å². The first-order valence-corrected chi connectivity index (χ1v) is 10.3. The molecular formula is C24H30N2O3. The van der Waals surface area contributed by atoms with Crippen molar-refractivity contribution in [3.63, 3.8) is 0 Å². The molecule has 0 aromatic heterocycles. The lowest BCUT2D eigenvalue weighted by Crippen LogP contribution is -2.39. The van der Waals surface area contributed by atoms with Crippen molar-refractivity contribution in [2.75, 3.05) is 20.2 Å². The van der Waals surface area contributed by atoms with Crippen molar-refractivity contribution in [2.45, 2.75) is 39.2 Å². The lowest BCUT2D eigenvalue weighted by Gasteiger charge is -2.32. The highest BCUT2D eigenvalue weighted by Crippen LogP contribution is 2.24. The molecule has 1 fully saturated rings. The summed E-state index contributed by atoms with van der Waals surface area (Å²) in [5, 5.41) is 2.98. The number of para-hydroxylation sites is 1. The molecule has 5 nitrogen and oxygen atoms in total. The van der Waals surface area contributed by atoms with Crippen LogP contribution in [0, 0.1) is 12.8 Å². The summed E-state index contributed by atoms with van der Waals surface area (Å²) < 4.78 is 5.32. The average molecular weight is 395 g/mol. The number of amides is 2. The highest BCUT2D eigenvalue weighted by Gasteiger charge is 2.24. The first kappa shape index (κ1) is 20.9. The summed E-state index contributed by atoms with van der Waals surface area (Å²) in [6, 6.07) is 15.5. The number of methoxy groups -OCH3 is 1. The van der Waals surface area contributed by atoms with E-state index in [0.717, 1.165) is 54.8 Å². The number of ether oxygens (including phenoxy) is 1. The molecule has 154 valence electrons. The fourth-order valence-electron chi connectivity index (χ4n) is 3.87. The van der Waals surface area contributed by atoms with Gasteiger partial charge in [-0.15, -0.1) is 0 Å². The number of carbonyl (C=O) groups is 2. The summed E-state index contributed by atoms with van der Waals surface area (Å²) in [5.74, 6) is 1.47. The molecule has 1 aliphatic heterocycles. The van der Waals surface area contributed by atoms with Crippen LogP contribution in [0.4, 0.5) is 0 Å². The molecule has 0 saturated carbocycles. The Labute approximate surface area is 173 Å². The standard InChI is InChI=1S/C24H30N2O3/c1-18-7-3-5-9-21(18)24(28)26-15-13-19(14-16-26)11-12-23(27)25-17-20-8-4-6-10-22(20)29-2/h3-10,19H,11-17H2,1-2H3,(H,25,27). The predicted molar refractivity (Wildman–Crippen MR) is 114 cm³/mol. The van der Waals surface area contributed by atoms with E-state index in [2.05, 4.69) is 5.32 Å². The molecule has 29 heavy (non-hydrogen) atoms. The highest BCUT2D eigenvalue weighted by atomic mass is 16.5. The second-order valence-electron chi connectivity index (χ2n) is 7.68. The molecule has 5 heteroatoms. The zero-order valence-corrected chi connectivity index (χ0v) is 17.3. The molecule has 0 spiro atoms.